The Hall–Kier alpha value is -2.62. The molecule has 4 heteroatoms. The molecule has 0 spiro atoms. The van der Waals surface area contributed by atoms with Crippen molar-refractivity contribution < 1.29 is 13.7 Å². The Morgan fingerprint density at radius 3 is 2.55 bits per heavy atom. The molecule has 3 nitrogen and oxygen atoms in total. The third kappa shape index (κ3) is 2.69. The van der Waals surface area contributed by atoms with Crippen molar-refractivity contribution in [1.82, 2.24) is 5.16 Å². The second-order valence-electron chi connectivity index (χ2n) is 4.27. The van der Waals surface area contributed by atoms with Crippen molar-refractivity contribution >= 4 is 0 Å². The van der Waals surface area contributed by atoms with E-state index in [1.165, 1.54) is 6.07 Å². The van der Waals surface area contributed by atoms with Crippen molar-refractivity contribution in [1.29, 1.82) is 0 Å². The Labute approximate surface area is 115 Å². The number of ether oxygens (including phenoxy) is 1. The number of para-hydroxylation sites is 1. The van der Waals surface area contributed by atoms with Crippen LogP contribution in [-0.2, 0) is 6.61 Å². The molecule has 1 heterocycles. The Morgan fingerprint density at radius 1 is 1.00 bits per heavy atom. The lowest BCUT2D eigenvalue weighted by Gasteiger charge is -2.03. The predicted octanol–water partition coefficient (Wildman–Crippen LogP) is 4.06. The van der Waals surface area contributed by atoms with E-state index in [-0.39, 0.29) is 18.2 Å². The van der Waals surface area contributed by atoms with Crippen LogP contribution in [-0.4, -0.2) is 5.16 Å². The molecule has 0 aliphatic heterocycles. The Balaban J connectivity index is 1.71. The molecule has 0 N–H and O–H groups in total. The normalized spacial score (nSPS) is 10.4. The summed E-state index contributed by atoms with van der Waals surface area (Å²) < 4.78 is 24.0. The Bertz CT molecular complexity index is 694. The summed E-state index contributed by atoms with van der Waals surface area (Å²) in [6.07, 6.45) is 0. The molecule has 0 aliphatic carbocycles. The van der Waals surface area contributed by atoms with Crippen molar-refractivity contribution in [2.24, 2.45) is 0 Å². The minimum atomic E-state index is -0.390. The molecule has 0 amide bonds. The van der Waals surface area contributed by atoms with Gasteiger partial charge in [-0.2, -0.15) is 0 Å². The molecule has 0 fully saturated rings. The third-order valence-electron chi connectivity index (χ3n) is 2.83. The van der Waals surface area contributed by atoms with E-state index in [4.69, 9.17) is 9.26 Å². The number of halogens is 1. The van der Waals surface area contributed by atoms with Crippen LogP contribution in [0.5, 0.6) is 5.75 Å². The number of benzene rings is 2. The van der Waals surface area contributed by atoms with E-state index < -0.39 is 0 Å². The van der Waals surface area contributed by atoms with Gasteiger partial charge in [-0.3, -0.25) is 0 Å². The van der Waals surface area contributed by atoms with Crippen molar-refractivity contribution in [3.05, 3.63) is 72.2 Å². The maximum absolute atomic E-state index is 13.4. The highest BCUT2D eigenvalue weighted by Crippen LogP contribution is 2.21. The van der Waals surface area contributed by atoms with Gasteiger partial charge in [0.15, 0.2) is 17.3 Å². The summed E-state index contributed by atoms with van der Waals surface area (Å²) in [4.78, 5) is 0. The fourth-order valence-corrected chi connectivity index (χ4v) is 1.83. The monoisotopic (exact) mass is 269 g/mol. The Kier molecular flexibility index (Phi) is 3.46. The van der Waals surface area contributed by atoms with Crippen molar-refractivity contribution in [3.8, 4) is 17.1 Å². The van der Waals surface area contributed by atoms with E-state index in [1.54, 1.807) is 24.3 Å². The van der Waals surface area contributed by atoms with E-state index in [0.29, 0.717) is 11.5 Å². The standard InChI is InChI=1S/C16H12FNO2/c17-14-8-4-5-9-15(14)19-11-13-10-16(20-18-13)12-6-2-1-3-7-12/h1-10H,11H2. The first-order valence-electron chi connectivity index (χ1n) is 6.21. The molecular formula is C16H12FNO2. The van der Waals surface area contributed by atoms with Crippen LogP contribution in [0.3, 0.4) is 0 Å². The average molecular weight is 269 g/mol. The van der Waals surface area contributed by atoms with Gasteiger partial charge in [-0.25, -0.2) is 4.39 Å². The van der Waals surface area contributed by atoms with Crippen LogP contribution >= 0.6 is 0 Å². The lowest BCUT2D eigenvalue weighted by Crippen LogP contribution is -1.97. The summed E-state index contributed by atoms with van der Waals surface area (Å²) in [7, 11) is 0. The SMILES string of the molecule is Fc1ccccc1OCc1cc(-c2ccccc2)on1. The van der Waals surface area contributed by atoms with Crippen LogP contribution in [0.4, 0.5) is 4.39 Å². The molecule has 0 atom stereocenters. The van der Waals surface area contributed by atoms with E-state index >= 15 is 0 Å². The Morgan fingerprint density at radius 2 is 1.75 bits per heavy atom. The summed E-state index contributed by atoms with van der Waals surface area (Å²) in [6, 6.07) is 17.7. The lowest BCUT2D eigenvalue weighted by molar-refractivity contribution is 0.276. The van der Waals surface area contributed by atoms with Crippen molar-refractivity contribution in [3.63, 3.8) is 0 Å². The smallest absolute Gasteiger partial charge is 0.167 e. The summed E-state index contributed by atoms with van der Waals surface area (Å²) >= 11 is 0. The van der Waals surface area contributed by atoms with Gasteiger partial charge in [-0.1, -0.05) is 47.6 Å². The van der Waals surface area contributed by atoms with Gasteiger partial charge in [0.1, 0.15) is 12.3 Å². The van der Waals surface area contributed by atoms with Crippen LogP contribution in [0.1, 0.15) is 5.69 Å². The van der Waals surface area contributed by atoms with Crippen molar-refractivity contribution in [2.75, 3.05) is 0 Å². The largest absolute Gasteiger partial charge is 0.484 e. The van der Waals surface area contributed by atoms with Gasteiger partial charge in [0.05, 0.1) is 0 Å². The zero-order valence-corrected chi connectivity index (χ0v) is 10.6. The zero-order chi connectivity index (χ0) is 13.8. The summed E-state index contributed by atoms with van der Waals surface area (Å²) in [5.41, 5.74) is 1.56. The molecule has 0 saturated carbocycles. The van der Waals surface area contributed by atoms with Crippen molar-refractivity contribution in [2.45, 2.75) is 6.61 Å². The molecule has 0 aliphatic rings. The van der Waals surface area contributed by atoms with Gasteiger partial charge in [-0.15, -0.1) is 0 Å². The molecule has 0 bridgehead atoms. The van der Waals surface area contributed by atoms with E-state index in [9.17, 15) is 4.39 Å². The number of rotatable bonds is 4. The minimum absolute atomic E-state index is 0.164. The van der Waals surface area contributed by atoms with Gasteiger partial charge in [0.25, 0.3) is 0 Å². The summed E-state index contributed by atoms with van der Waals surface area (Å²) in [6.45, 7) is 0.164. The van der Waals surface area contributed by atoms with Crippen LogP contribution in [0, 0.1) is 5.82 Å². The third-order valence-corrected chi connectivity index (χ3v) is 2.83. The molecule has 100 valence electrons. The molecule has 20 heavy (non-hydrogen) atoms. The quantitative estimate of drug-likeness (QED) is 0.716. The fraction of sp³-hybridized carbons (Fsp3) is 0.0625. The predicted molar refractivity (Wildman–Crippen MR) is 72.7 cm³/mol. The van der Waals surface area contributed by atoms with E-state index in [2.05, 4.69) is 5.16 Å². The topological polar surface area (TPSA) is 35.3 Å². The second-order valence-corrected chi connectivity index (χ2v) is 4.27. The highest BCUT2D eigenvalue weighted by atomic mass is 19.1. The van der Waals surface area contributed by atoms with Gasteiger partial charge >= 0.3 is 0 Å². The minimum Gasteiger partial charge on any atom is -0.484 e. The average Bonchev–Trinajstić information content (AvgIpc) is 2.96. The number of aromatic nitrogens is 1. The van der Waals surface area contributed by atoms with Gasteiger partial charge in [0.2, 0.25) is 0 Å². The van der Waals surface area contributed by atoms with Gasteiger partial charge < -0.3 is 9.26 Å². The lowest BCUT2D eigenvalue weighted by atomic mass is 10.2. The van der Waals surface area contributed by atoms with Gasteiger partial charge in [-0.05, 0) is 12.1 Å². The number of hydrogen-bond donors (Lipinski definition) is 0. The van der Waals surface area contributed by atoms with Crippen LogP contribution in [0.25, 0.3) is 11.3 Å². The molecule has 3 rings (SSSR count). The number of hydrogen-bond acceptors (Lipinski definition) is 3. The van der Waals surface area contributed by atoms with E-state index in [0.717, 1.165) is 5.56 Å². The second kappa shape index (κ2) is 5.57. The molecule has 0 unspecified atom stereocenters. The van der Waals surface area contributed by atoms with Crippen LogP contribution in [0.15, 0.2) is 65.2 Å². The maximum atomic E-state index is 13.4. The highest BCUT2D eigenvalue weighted by Gasteiger charge is 2.08. The van der Waals surface area contributed by atoms with Crippen LogP contribution < -0.4 is 4.74 Å². The highest BCUT2D eigenvalue weighted by molar-refractivity contribution is 5.56. The fourth-order valence-electron chi connectivity index (χ4n) is 1.83. The summed E-state index contributed by atoms with van der Waals surface area (Å²) in [5.74, 6) is 0.480. The first-order chi connectivity index (χ1) is 9.83. The first kappa shape index (κ1) is 12.4. The molecule has 3 aromatic rings. The zero-order valence-electron chi connectivity index (χ0n) is 10.6. The molecule has 2 aromatic carbocycles. The molecular weight excluding hydrogens is 257 g/mol. The summed E-state index contributed by atoms with van der Waals surface area (Å²) in [5, 5.41) is 3.91. The van der Waals surface area contributed by atoms with Crippen LogP contribution in [0.2, 0.25) is 0 Å². The number of nitrogens with zero attached hydrogens (tertiary/aromatic N) is 1. The van der Waals surface area contributed by atoms with Gasteiger partial charge in [0, 0.05) is 11.6 Å². The van der Waals surface area contributed by atoms with E-state index in [1.807, 2.05) is 30.3 Å². The first-order valence-corrected chi connectivity index (χ1v) is 6.21. The molecule has 1 aromatic heterocycles. The molecule has 0 saturated heterocycles. The molecule has 0 radical (unpaired) electrons. The maximum Gasteiger partial charge on any atom is 0.167 e.